The van der Waals surface area contributed by atoms with Crippen molar-refractivity contribution in [3.8, 4) is 0 Å². The average Bonchev–Trinajstić information content (AvgIpc) is 2.70. The van der Waals surface area contributed by atoms with Crippen LogP contribution in [0.4, 0.5) is 0 Å². The maximum absolute atomic E-state index is 12.3. The second-order valence-electron chi connectivity index (χ2n) is 7.83. The highest BCUT2D eigenvalue weighted by atomic mass is 79.9. The van der Waals surface area contributed by atoms with Crippen LogP contribution in [0.2, 0.25) is 24.2 Å². The Hall–Kier alpha value is -1.44. The molecule has 0 aliphatic rings. The van der Waals surface area contributed by atoms with Crippen LogP contribution in [0.15, 0.2) is 57.5 Å². The Bertz CT molecular complexity index is 765. The number of ether oxygens (including phenoxy) is 2. The van der Waals surface area contributed by atoms with E-state index in [-0.39, 0.29) is 23.0 Å². The molecule has 29 heavy (non-hydrogen) atoms. The van der Waals surface area contributed by atoms with Crippen molar-refractivity contribution in [1.29, 1.82) is 0 Å². The minimum absolute atomic E-state index is 0.225. The van der Waals surface area contributed by atoms with E-state index in [1.807, 2.05) is 24.3 Å². The second kappa shape index (κ2) is 10.5. The molecule has 156 valence electrons. The van der Waals surface area contributed by atoms with E-state index in [1.54, 1.807) is 24.3 Å². The summed E-state index contributed by atoms with van der Waals surface area (Å²) in [6.07, 6.45) is 0. The van der Waals surface area contributed by atoms with Gasteiger partial charge in [0.15, 0.2) is 0 Å². The summed E-state index contributed by atoms with van der Waals surface area (Å²) < 4.78 is 12.9. The Morgan fingerprint density at radius 2 is 1.07 bits per heavy atom. The fourth-order valence-corrected chi connectivity index (χ4v) is 5.18. The highest BCUT2D eigenvalue weighted by Crippen LogP contribution is 2.33. The molecule has 0 amide bonds. The maximum Gasteiger partial charge on any atom is 0.338 e. The standard InChI is InChI=1S/C22H26Br2O4Si/c1-15(13-27-21(25)17-5-9-19(23)10-6-17)29(3,4)16(2)14-28-22(26)18-7-11-20(24)12-8-18/h5-12,15-16H,13-14H2,1-4H3/t15-,16-/m0/s1. The largest absolute Gasteiger partial charge is 0.462 e. The lowest BCUT2D eigenvalue weighted by atomic mass is 10.2. The zero-order chi connectivity index (χ0) is 21.6. The number of rotatable bonds is 8. The van der Waals surface area contributed by atoms with Gasteiger partial charge >= 0.3 is 11.9 Å². The Balaban J connectivity index is 1.87. The highest BCUT2D eigenvalue weighted by Gasteiger charge is 2.36. The van der Waals surface area contributed by atoms with Crippen molar-refractivity contribution < 1.29 is 19.1 Å². The Labute approximate surface area is 190 Å². The van der Waals surface area contributed by atoms with E-state index in [1.165, 1.54) is 0 Å². The van der Waals surface area contributed by atoms with Crippen LogP contribution in [-0.4, -0.2) is 33.2 Å². The first-order chi connectivity index (χ1) is 13.6. The quantitative estimate of drug-likeness (QED) is 0.275. The summed E-state index contributed by atoms with van der Waals surface area (Å²) in [6, 6.07) is 14.2. The topological polar surface area (TPSA) is 52.6 Å². The molecule has 4 nitrogen and oxygen atoms in total. The Morgan fingerprint density at radius 3 is 1.38 bits per heavy atom. The van der Waals surface area contributed by atoms with E-state index in [9.17, 15) is 9.59 Å². The maximum atomic E-state index is 12.3. The molecule has 0 bridgehead atoms. The molecule has 0 heterocycles. The summed E-state index contributed by atoms with van der Waals surface area (Å²) in [5.41, 5.74) is 1.53. The molecule has 2 aromatic carbocycles. The van der Waals surface area contributed by atoms with Crippen molar-refractivity contribution in [2.75, 3.05) is 13.2 Å². The van der Waals surface area contributed by atoms with Crippen molar-refractivity contribution >= 4 is 51.9 Å². The van der Waals surface area contributed by atoms with E-state index in [4.69, 9.17) is 9.47 Å². The first kappa shape index (κ1) is 23.8. The van der Waals surface area contributed by atoms with Gasteiger partial charge in [-0.05, 0) is 59.6 Å². The molecule has 0 unspecified atom stereocenters. The fourth-order valence-electron chi connectivity index (χ4n) is 2.66. The van der Waals surface area contributed by atoms with E-state index in [0.29, 0.717) is 24.3 Å². The molecule has 0 aliphatic carbocycles. The van der Waals surface area contributed by atoms with Gasteiger partial charge in [-0.3, -0.25) is 0 Å². The van der Waals surface area contributed by atoms with E-state index < -0.39 is 8.07 Å². The van der Waals surface area contributed by atoms with E-state index >= 15 is 0 Å². The number of carbonyl (C=O) groups is 2. The fraction of sp³-hybridized carbons (Fsp3) is 0.364. The van der Waals surface area contributed by atoms with Crippen LogP contribution in [0, 0.1) is 0 Å². The van der Waals surface area contributed by atoms with Gasteiger partial charge < -0.3 is 9.47 Å². The monoisotopic (exact) mass is 540 g/mol. The van der Waals surface area contributed by atoms with Gasteiger partial charge in [0.1, 0.15) is 0 Å². The van der Waals surface area contributed by atoms with Gasteiger partial charge in [0, 0.05) is 8.95 Å². The number of esters is 2. The predicted octanol–water partition coefficient (Wildman–Crippen LogP) is 6.71. The van der Waals surface area contributed by atoms with E-state index in [2.05, 4.69) is 58.8 Å². The molecule has 2 atom stereocenters. The van der Waals surface area contributed by atoms with Gasteiger partial charge in [0.25, 0.3) is 0 Å². The Morgan fingerprint density at radius 1 is 0.759 bits per heavy atom. The van der Waals surface area contributed by atoms with Crippen molar-refractivity contribution in [3.05, 3.63) is 68.6 Å². The number of hydrogen-bond acceptors (Lipinski definition) is 4. The van der Waals surface area contributed by atoms with Crippen LogP contribution in [0.1, 0.15) is 34.6 Å². The zero-order valence-electron chi connectivity index (χ0n) is 17.1. The van der Waals surface area contributed by atoms with Crippen molar-refractivity contribution in [2.24, 2.45) is 0 Å². The van der Waals surface area contributed by atoms with Gasteiger partial charge in [-0.2, -0.15) is 0 Å². The zero-order valence-corrected chi connectivity index (χ0v) is 21.2. The van der Waals surface area contributed by atoms with Gasteiger partial charge in [0.2, 0.25) is 0 Å². The summed E-state index contributed by atoms with van der Waals surface area (Å²) >= 11 is 6.71. The molecular formula is C22H26Br2O4Si. The lowest BCUT2D eigenvalue weighted by Crippen LogP contribution is -2.40. The molecule has 0 saturated heterocycles. The van der Waals surface area contributed by atoms with Crippen LogP contribution in [0.3, 0.4) is 0 Å². The molecule has 2 rings (SSSR count). The van der Waals surface area contributed by atoms with Crippen LogP contribution < -0.4 is 0 Å². The van der Waals surface area contributed by atoms with Gasteiger partial charge in [-0.25, -0.2) is 9.59 Å². The molecule has 0 N–H and O–H groups in total. The molecule has 0 fully saturated rings. The van der Waals surface area contributed by atoms with Crippen molar-refractivity contribution in [2.45, 2.75) is 38.0 Å². The highest BCUT2D eigenvalue weighted by molar-refractivity contribution is 9.10. The summed E-state index contributed by atoms with van der Waals surface area (Å²) in [6.45, 7) is 9.41. The second-order valence-corrected chi connectivity index (χ2v) is 15.3. The lowest BCUT2D eigenvalue weighted by molar-refractivity contribution is 0.0498. The lowest BCUT2D eigenvalue weighted by Gasteiger charge is -2.35. The summed E-state index contributed by atoms with van der Waals surface area (Å²) in [7, 11) is -1.83. The molecule has 0 aromatic heterocycles. The normalized spacial score (nSPS) is 13.4. The first-order valence-electron chi connectivity index (χ1n) is 9.46. The third-order valence-corrected chi connectivity index (χ3v) is 12.1. The van der Waals surface area contributed by atoms with Gasteiger partial charge in [-0.1, -0.05) is 58.8 Å². The molecule has 0 spiro atoms. The number of hydrogen-bond donors (Lipinski definition) is 0. The SMILES string of the molecule is C[C@@H](COC(=O)c1ccc(Br)cc1)[Si](C)(C)[C@@H](C)COC(=O)c1ccc(Br)cc1. The average molecular weight is 542 g/mol. The van der Waals surface area contributed by atoms with Crippen molar-refractivity contribution in [1.82, 2.24) is 0 Å². The predicted molar refractivity (Wildman–Crippen MR) is 125 cm³/mol. The van der Waals surface area contributed by atoms with Crippen molar-refractivity contribution in [3.63, 3.8) is 0 Å². The van der Waals surface area contributed by atoms with Crippen LogP contribution in [-0.2, 0) is 9.47 Å². The summed E-state index contributed by atoms with van der Waals surface area (Å²) in [5.74, 6) is -0.632. The molecular weight excluding hydrogens is 516 g/mol. The van der Waals surface area contributed by atoms with Gasteiger partial charge in [0.05, 0.1) is 32.4 Å². The minimum Gasteiger partial charge on any atom is -0.462 e. The van der Waals surface area contributed by atoms with Crippen LogP contribution in [0.5, 0.6) is 0 Å². The molecule has 0 aliphatic heterocycles. The molecule has 2 aromatic rings. The summed E-state index contributed by atoms with van der Waals surface area (Å²) in [4.78, 5) is 24.5. The minimum atomic E-state index is -1.83. The third kappa shape index (κ3) is 6.79. The number of carbonyl (C=O) groups excluding carboxylic acids is 2. The molecule has 0 radical (unpaired) electrons. The number of benzene rings is 2. The number of halogens is 2. The van der Waals surface area contributed by atoms with Gasteiger partial charge in [-0.15, -0.1) is 0 Å². The summed E-state index contributed by atoms with van der Waals surface area (Å²) in [5, 5.41) is 0. The van der Waals surface area contributed by atoms with Crippen LogP contribution >= 0.6 is 31.9 Å². The Kier molecular flexibility index (Phi) is 8.67. The van der Waals surface area contributed by atoms with Crippen LogP contribution in [0.25, 0.3) is 0 Å². The first-order valence-corrected chi connectivity index (χ1v) is 14.2. The smallest absolute Gasteiger partial charge is 0.338 e. The molecule has 0 saturated carbocycles. The van der Waals surface area contributed by atoms with E-state index in [0.717, 1.165) is 8.95 Å². The molecule has 7 heteroatoms. The third-order valence-electron chi connectivity index (χ3n) is 5.63.